The second kappa shape index (κ2) is 4.29. The third kappa shape index (κ3) is 2.85. The molecule has 0 N–H and O–H groups in total. The summed E-state index contributed by atoms with van der Waals surface area (Å²) in [5, 5.41) is 0. The van der Waals surface area contributed by atoms with E-state index in [-0.39, 0.29) is 0 Å². The van der Waals surface area contributed by atoms with Gasteiger partial charge in [0.05, 0.1) is 6.61 Å². The summed E-state index contributed by atoms with van der Waals surface area (Å²) < 4.78 is 5.27. The van der Waals surface area contributed by atoms with Crippen LogP contribution in [0.3, 0.4) is 0 Å². The number of rotatable bonds is 2. The van der Waals surface area contributed by atoms with E-state index in [1.807, 2.05) is 13.0 Å². The Balaban J connectivity index is 2.40. The number of ether oxygens (including phenoxy) is 1. The molecule has 1 aliphatic rings. The predicted octanol–water partition coefficient (Wildman–Crippen LogP) is 1.56. The van der Waals surface area contributed by atoms with E-state index in [4.69, 9.17) is 4.74 Å². The maximum atomic E-state index is 10.3. The SMILES string of the molecule is CC(C=O)=CC1CCCOC1. The summed E-state index contributed by atoms with van der Waals surface area (Å²) in [5.74, 6) is 0.467. The van der Waals surface area contributed by atoms with Gasteiger partial charge >= 0.3 is 0 Å². The zero-order valence-electron chi connectivity index (χ0n) is 6.88. The first-order valence-corrected chi connectivity index (χ1v) is 4.04. The zero-order valence-corrected chi connectivity index (χ0v) is 6.88. The molecule has 0 radical (unpaired) electrons. The van der Waals surface area contributed by atoms with Crippen molar-refractivity contribution < 1.29 is 9.53 Å². The highest BCUT2D eigenvalue weighted by Gasteiger charge is 2.10. The largest absolute Gasteiger partial charge is 0.381 e. The first-order valence-electron chi connectivity index (χ1n) is 4.04. The van der Waals surface area contributed by atoms with E-state index in [1.165, 1.54) is 0 Å². The maximum Gasteiger partial charge on any atom is 0.145 e. The Kier molecular flexibility index (Phi) is 3.30. The Morgan fingerprint density at radius 3 is 3.00 bits per heavy atom. The third-order valence-electron chi connectivity index (χ3n) is 1.88. The average molecular weight is 154 g/mol. The van der Waals surface area contributed by atoms with Crippen molar-refractivity contribution in [1.82, 2.24) is 0 Å². The Labute approximate surface area is 67.2 Å². The van der Waals surface area contributed by atoms with Crippen LogP contribution < -0.4 is 0 Å². The Hall–Kier alpha value is -0.630. The summed E-state index contributed by atoms with van der Waals surface area (Å²) in [5.41, 5.74) is 0.820. The molecule has 2 heteroatoms. The van der Waals surface area contributed by atoms with E-state index in [9.17, 15) is 4.79 Å². The summed E-state index contributed by atoms with van der Waals surface area (Å²) in [4.78, 5) is 10.3. The molecule has 0 saturated carbocycles. The molecule has 1 heterocycles. The second-order valence-corrected chi connectivity index (χ2v) is 3.01. The highest BCUT2D eigenvalue weighted by Crippen LogP contribution is 2.15. The van der Waals surface area contributed by atoms with Crippen molar-refractivity contribution in [2.24, 2.45) is 5.92 Å². The lowest BCUT2D eigenvalue weighted by Gasteiger charge is -2.18. The van der Waals surface area contributed by atoms with Crippen LogP contribution in [0.5, 0.6) is 0 Å². The van der Waals surface area contributed by atoms with Crippen molar-refractivity contribution in [3.8, 4) is 0 Å². The highest BCUT2D eigenvalue weighted by molar-refractivity contribution is 5.72. The topological polar surface area (TPSA) is 26.3 Å². The fourth-order valence-electron chi connectivity index (χ4n) is 1.31. The van der Waals surface area contributed by atoms with Crippen LogP contribution in [-0.4, -0.2) is 19.5 Å². The standard InChI is InChI=1S/C9H14O2/c1-8(6-10)5-9-3-2-4-11-7-9/h5-6,9H,2-4,7H2,1H3. The molecule has 1 rings (SSSR count). The Morgan fingerprint density at radius 1 is 1.64 bits per heavy atom. The summed E-state index contributed by atoms with van der Waals surface area (Å²) >= 11 is 0. The van der Waals surface area contributed by atoms with E-state index >= 15 is 0 Å². The number of carbonyl (C=O) groups excluding carboxylic acids is 1. The quantitative estimate of drug-likeness (QED) is 0.445. The van der Waals surface area contributed by atoms with E-state index in [2.05, 4.69) is 0 Å². The summed E-state index contributed by atoms with van der Waals surface area (Å²) in [7, 11) is 0. The van der Waals surface area contributed by atoms with E-state index in [0.717, 1.165) is 37.9 Å². The fourth-order valence-corrected chi connectivity index (χ4v) is 1.31. The highest BCUT2D eigenvalue weighted by atomic mass is 16.5. The lowest BCUT2D eigenvalue weighted by molar-refractivity contribution is -0.104. The van der Waals surface area contributed by atoms with Gasteiger partial charge < -0.3 is 4.74 Å². The molecule has 1 aliphatic heterocycles. The van der Waals surface area contributed by atoms with Crippen LogP contribution in [0.15, 0.2) is 11.6 Å². The lowest BCUT2D eigenvalue weighted by atomic mass is 10.00. The average Bonchev–Trinajstić information content (AvgIpc) is 2.06. The van der Waals surface area contributed by atoms with Crippen LogP contribution in [0.25, 0.3) is 0 Å². The summed E-state index contributed by atoms with van der Waals surface area (Å²) in [6.45, 7) is 3.50. The number of hydrogen-bond acceptors (Lipinski definition) is 2. The number of carbonyl (C=O) groups is 1. The van der Waals surface area contributed by atoms with Gasteiger partial charge in [-0.3, -0.25) is 4.79 Å². The van der Waals surface area contributed by atoms with Gasteiger partial charge in [0.1, 0.15) is 6.29 Å². The molecule has 0 aromatic rings. The molecular formula is C9H14O2. The molecule has 0 spiro atoms. The van der Waals surface area contributed by atoms with Crippen LogP contribution in [0, 0.1) is 5.92 Å². The summed E-state index contributed by atoms with van der Waals surface area (Å²) in [6.07, 6.45) is 5.18. The molecule has 1 fully saturated rings. The normalized spacial score (nSPS) is 26.6. The van der Waals surface area contributed by atoms with Gasteiger partial charge in [-0.2, -0.15) is 0 Å². The zero-order chi connectivity index (χ0) is 8.10. The van der Waals surface area contributed by atoms with Crippen molar-refractivity contribution in [3.05, 3.63) is 11.6 Å². The first kappa shape index (κ1) is 8.47. The predicted molar refractivity (Wildman–Crippen MR) is 43.4 cm³/mol. The number of aldehydes is 1. The van der Waals surface area contributed by atoms with E-state index in [1.54, 1.807) is 0 Å². The van der Waals surface area contributed by atoms with Crippen LogP contribution in [0.1, 0.15) is 19.8 Å². The molecule has 11 heavy (non-hydrogen) atoms. The minimum atomic E-state index is 0.467. The number of allylic oxidation sites excluding steroid dienone is 1. The monoisotopic (exact) mass is 154 g/mol. The van der Waals surface area contributed by atoms with Crippen LogP contribution in [0.4, 0.5) is 0 Å². The number of hydrogen-bond donors (Lipinski definition) is 0. The lowest BCUT2D eigenvalue weighted by Crippen LogP contribution is -2.15. The Morgan fingerprint density at radius 2 is 2.45 bits per heavy atom. The molecule has 1 saturated heterocycles. The van der Waals surface area contributed by atoms with Gasteiger partial charge in [-0.1, -0.05) is 6.08 Å². The molecule has 62 valence electrons. The molecule has 0 aromatic carbocycles. The second-order valence-electron chi connectivity index (χ2n) is 3.01. The van der Waals surface area contributed by atoms with Gasteiger partial charge in [0.25, 0.3) is 0 Å². The minimum absolute atomic E-state index is 0.467. The maximum absolute atomic E-state index is 10.3. The van der Waals surface area contributed by atoms with Crippen molar-refractivity contribution in [2.75, 3.05) is 13.2 Å². The van der Waals surface area contributed by atoms with Gasteiger partial charge in [0.2, 0.25) is 0 Å². The molecular weight excluding hydrogens is 140 g/mol. The fraction of sp³-hybridized carbons (Fsp3) is 0.667. The molecule has 2 nitrogen and oxygen atoms in total. The molecule has 0 amide bonds. The molecule has 0 aliphatic carbocycles. The van der Waals surface area contributed by atoms with Crippen molar-refractivity contribution in [1.29, 1.82) is 0 Å². The third-order valence-corrected chi connectivity index (χ3v) is 1.88. The van der Waals surface area contributed by atoms with Crippen molar-refractivity contribution in [3.63, 3.8) is 0 Å². The molecule has 0 aromatic heterocycles. The van der Waals surface area contributed by atoms with E-state index in [0.29, 0.717) is 5.92 Å². The van der Waals surface area contributed by atoms with Crippen LogP contribution in [-0.2, 0) is 9.53 Å². The Bertz CT molecular complexity index is 155. The van der Waals surface area contributed by atoms with E-state index < -0.39 is 0 Å². The van der Waals surface area contributed by atoms with Crippen LogP contribution in [0.2, 0.25) is 0 Å². The van der Waals surface area contributed by atoms with Crippen LogP contribution >= 0.6 is 0 Å². The smallest absolute Gasteiger partial charge is 0.145 e. The van der Waals surface area contributed by atoms with Crippen molar-refractivity contribution in [2.45, 2.75) is 19.8 Å². The van der Waals surface area contributed by atoms with Crippen molar-refractivity contribution >= 4 is 6.29 Å². The van der Waals surface area contributed by atoms with Gasteiger partial charge in [-0.25, -0.2) is 0 Å². The first-order chi connectivity index (χ1) is 5.33. The van der Waals surface area contributed by atoms with Gasteiger partial charge in [-0.05, 0) is 25.3 Å². The van der Waals surface area contributed by atoms with Gasteiger partial charge in [-0.15, -0.1) is 0 Å². The summed E-state index contributed by atoms with van der Waals surface area (Å²) in [6, 6.07) is 0. The molecule has 0 bridgehead atoms. The molecule has 1 atom stereocenters. The molecule has 1 unspecified atom stereocenters. The van der Waals surface area contributed by atoms with Gasteiger partial charge in [0.15, 0.2) is 0 Å². The minimum Gasteiger partial charge on any atom is -0.381 e. The van der Waals surface area contributed by atoms with Gasteiger partial charge in [0, 0.05) is 12.5 Å².